The van der Waals surface area contributed by atoms with E-state index in [-0.39, 0.29) is 23.2 Å². The van der Waals surface area contributed by atoms with Crippen LogP contribution in [0.2, 0.25) is 0 Å². The van der Waals surface area contributed by atoms with Crippen molar-refractivity contribution in [2.75, 3.05) is 56.2 Å². The van der Waals surface area contributed by atoms with Crippen LogP contribution in [-0.2, 0) is 17.8 Å². The average molecular weight is 653 g/mol. The van der Waals surface area contributed by atoms with Gasteiger partial charge in [0.2, 0.25) is 5.91 Å². The first-order chi connectivity index (χ1) is 22.6. The molecule has 0 bridgehead atoms. The summed E-state index contributed by atoms with van der Waals surface area (Å²) < 4.78 is 6.44. The normalized spacial score (nSPS) is 24.6. The Kier molecular flexibility index (Phi) is 8.29. The second-order valence-electron chi connectivity index (χ2n) is 14.1. The van der Waals surface area contributed by atoms with Crippen molar-refractivity contribution in [1.29, 1.82) is 5.26 Å². The maximum atomic E-state index is 12.6. The zero-order valence-corrected chi connectivity index (χ0v) is 28.7. The van der Waals surface area contributed by atoms with E-state index in [1.54, 1.807) is 4.90 Å². The van der Waals surface area contributed by atoms with Gasteiger partial charge in [-0.2, -0.15) is 15.2 Å². The predicted molar refractivity (Wildman–Crippen MR) is 187 cm³/mol. The summed E-state index contributed by atoms with van der Waals surface area (Å²) in [6.07, 6.45) is 8.86. The van der Waals surface area contributed by atoms with Crippen LogP contribution in [0.5, 0.6) is 6.01 Å². The number of amides is 1. The van der Waals surface area contributed by atoms with Gasteiger partial charge in [0.1, 0.15) is 12.4 Å². The van der Waals surface area contributed by atoms with E-state index < -0.39 is 0 Å². The van der Waals surface area contributed by atoms with Gasteiger partial charge in [-0.3, -0.25) is 14.7 Å². The van der Waals surface area contributed by atoms with Crippen molar-refractivity contribution in [3.8, 4) is 12.1 Å². The number of benzene rings is 1. The van der Waals surface area contributed by atoms with Gasteiger partial charge in [0, 0.05) is 55.3 Å². The minimum Gasteiger partial charge on any atom is -0.462 e. The predicted octanol–water partition coefficient (Wildman–Crippen LogP) is 4.96. The number of nitriles is 1. The molecule has 7 rings (SSSR count). The molecule has 11 heteroatoms. The van der Waals surface area contributed by atoms with Crippen molar-refractivity contribution in [2.45, 2.75) is 69.2 Å². The molecular formula is C36H44N8O2S. The number of nitrogens with zero attached hydrogens (tertiary/aromatic N) is 8. The number of anilines is 2. The molecule has 1 amide bonds. The highest BCUT2D eigenvalue weighted by molar-refractivity contribution is 8.08. The molecule has 3 aromatic rings. The van der Waals surface area contributed by atoms with Gasteiger partial charge in [-0.15, -0.1) is 11.8 Å². The molecule has 3 atom stereocenters. The summed E-state index contributed by atoms with van der Waals surface area (Å²) in [5.74, 6) is 0.717. The van der Waals surface area contributed by atoms with Crippen molar-refractivity contribution >= 4 is 39.9 Å². The van der Waals surface area contributed by atoms with E-state index in [0.29, 0.717) is 49.5 Å². The van der Waals surface area contributed by atoms with Gasteiger partial charge in [0.15, 0.2) is 0 Å². The molecule has 10 nitrogen and oxygen atoms in total. The van der Waals surface area contributed by atoms with Crippen LogP contribution in [0.25, 0.3) is 10.8 Å². The Morgan fingerprint density at radius 3 is 2.81 bits per heavy atom. The standard InChI is InChI=1S/C36H44N8O2S/c1-6-31(45)44-17-16-43(20-26(44)10-14-37)33-27-11-15-42(29-19-38-18-25-9-7-8-24(2)32(25)29)21-28(27)39-34(40-33)46-22-30-36(4,47-30)41(5)23-35(3)12-13-35/h6-9,18-19,26,30H,1,10-13,15-17,20-23H2,2-5H3/t26-,30?,36-/m0/s1. The minimum atomic E-state index is -0.244. The summed E-state index contributed by atoms with van der Waals surface area (Å²) >= 11 is 1.95. The Morgan fingerprint density at radius 1 is 1.21 bits per heavy atom. The van der Waals surface area contributed by atoms with E-state index in [1.165, 1.54) is 29.9 Å². The number of piperazine rings is 1. The van der Waals surface area contributed by atoms with Crippen LogP contribution in [0.15, 0.2) is 43.2 Å². The van der Waals surface area contributed by atoms with Gasteiger partial charge in [-0.25, -0.2) is 0 Å². The maximum absolute atomic E-state index is 12.6. The number of carbonyl (C=O) groups is 1. The van der Waals surface area contributed by atoms with Crippen molar-refractivity contribution in [2.24, 2.45) is 5.41 Å². The number of aromatic nitrogens is 3. The Balaban J connectivity index is 1.17. The molecular weight excluding hydrogens is 609 g/mol. The molecule has 1 aromatic carbocycles. The Hall–Kier alpha value is -3.88. The molecule has 0 N–H and O–H groups in total. The highest BCUT2D eigenvalue weighted by Gasteiger charge is 2.57. The molecule has 2 saturated heterocycles. The lowest BCUT2D eigenvalue weighted by Gasteiger charge is -2.42. The third kappa shape index (κ3) is 6.14. The van der Waals surface area contributed by atoms with E-state index in [2.05, 4.69) is 78.3 Å². The molecule has 0 radical (unpaired) electrons. The molecule has 1 unspecified atom stereocenters. The lowest BCUT2D eigenvalue weighted by molar-refractivity contribution is -0.128. The van der Waals surface area contributed by atoms with E-state index in [0.717, 1.165) is 47.7 Å². The minimum absolute atomic E-state index is 0.0528. The van der Waals surface area contributed by atoms with Gasteiger partial charge in [0.25, 0.3) is 0 Å². The third-order valence-electron chi connectivity index (χ3n) is 10.7. The smallest absolute Gasteiger partial charge is 0.318 e. The molecule has 5 heterocycles. The summed E-state index contributed by atoms with van der Waals surface area (Å²) in [6.45, 7) is 15.2. The number of rotatable bonds is 10. The van der Waals surface area contributed by atoms with Crippen LogP contribution in [-0.4, -0.2) is 93.2 Å². The van der Waals surface area contributed by atoms with Gasteiger partial charge in [-0.05, 0) is 57.2 Å². The molecule has 2 aromatic heterocycles. The zero-order valence-electron chi connectivity index (χ0n) is 27.9. The van der Waals surface area contributed by atoms with Crippen LogP contribution in [0.1, 0.15) is 49.9 Å². The summed E-state index contributed by atoms with van der Waals surface area (Å²) in [6, 6.07) is 8.76. The maximum Gasteiger partial charge on any atom is 0.318 e. The van der Waals surface area contributed by atoms with Gasteiger partial charge < -0.3 is 19.4 Å². The molecule has 4 aliphatic rings. The van der Waals surface area contributed by atoms with Crippen LogP contribution in [0, 0.1) is 23.7 Å². The molecule has 3 aliphatic heterocycles. The molecule has 47 heavy (non-hydrogen) atoms. The average Bonchev–Trinajstić information content (AvgIpc) is 3.98. The summed E-state index contributed by atoms with van der Waals surface area (Å²) in [5, 5.41) is 12.3. The van der Waals surface area contributed by atoms with Crippen LogP contribution in [0.3, 0.4) is 0 Å². The number of aryl methyl sites for hydroxylation is 1. The Morgan fingerprint density at radius 2 is 2.04 bits per heavy atom. The highest BCUT2D eigenvalue weighted by Crippen LogP contribution is 2.57. The summed E-state index contributed by atoms with van der Waals surface area (Å²) in [5.41, 5.74) is 4.85. The van der Waals surface area contributed by atoms with Crippen molar-refractivity contribution in [1.82, 2.24) is 24.8 Å². The number of hydrogen-bond donors (Lipinski definition) is 0. The zero-order chi connectivity index (χ0) is 32.9. The SMILES string of the molecule is C=CC(=O)N1CCN(c2nc(OCC3S[C@]3(C)N(C)CC3(C)CC3)nc3c2CCN(c2cncc4cccc(C)c24)C3)C[C@@H]1CC#N. The summed E-state index contributed by atoms with van der Waals surface area (Å²) in [7, 11) is 2.23. The summed E-state index contributed by atoms with van der Waals surface area (Å²) in [4.78, 5) is 36.2. The number of ether oxygens (including phenoxy) is 1. The third-order valence-corrected chi connectivity index (χ3v) is 12.4. The van der Waals surface area contributed by atoms with Gasteiger partial charge in [0.05, 0.1) is 52.8 Å². The van der Waals surface area contributed by atoms with E-state index in [4.69, 9.17) is 14.7 Å². The fourth-order valence-electron chi connectivity index (χ4n) is 7.33. The van der Waals surface area contributed by atoms with Crippen LogP contribution < -0.4 is 14.5 Å². The fourth-order valence-corrected chi connectivity index (χ4v) is 8.46. The first-order valence-corrected chi connectivity index (χ1v) is 17.6. The largest absolute Gasteiger partial charge is 0.462 e. The molecule has 1 saturated carbocycles. The fraction of sp³-hybridized carbons (Fsp3) is 0.528. The van der Waals surface area contributed by atoms with Gasteiger partial charge >= 0.3 is 6.01 Å². The lowest BCUT2D eigenvalue weighted by atomic mass is 10.0. The van der Waals surface area contributed by atoms with E-state index in [1.807, 2.05) is 24.2 Å². The lowest BCUT2D eigenvalue weighted by Crippen LogP contribution is -2.55. The van der Waals surface area contributed by atoms with Crippen LogP contribution >= 0.6 is 11.8 Å². The molecule has 246 valence electrons. The molecule has 1 aliphatic carbocycles. The number of pyridine rings is 1. The van der Waals surface area contributed by atoms with Crippen molar-refractivity contribution in [3.63, 3.8) is 0 Å². The van der Waals surface area contributed by atoms with Crippen molar-refractivity contribution in [3.05, 3.63) is 60.1 Å². The molecule has 0 spiro atoms. The number of fused-ring (bicyclic) bond motifs is 2. The Labute approximate surface area is 281 Å². The van der Waals surface area contributed by atoms with Gasteiger partial charge in [-0.1, -0.05) is 31.7 Å². The first-order valence-electron chi connectivity index (χ1n) is 16.7. The monoisotopic (exact) mass is 652 g/mol. The number of hydrogen-bond acceptors (Lipinski definition) is 10. The number of carbonyl (C=O) groups excluding carboxylic acids is 1. The van der Waals surface area contributed by atoms with Crippen molar-refractivity contribution < 1.29 is 9.53 Å². The second-order valence-corrected chi connectivity index (χ2v) is 15.7. The second kappa shape index (κ2) is 12.3. The highest BCUT2D eigenvalue weighted by atomic mass is 32.2. The first kappa shape index (κ1) is 31.7. The van der Waals surface area contributed by atoms with E-state index >= 15 is 0 Å². The Bertz CT molecular complexity index is 1750. The topological polar surface area (TPSA) is 102 Å². The number of thioether (sulfide) groups is 1. The van der Waals surface area contributed by atoms with Crippen LogP contribution in [0.4, 0.5) is 11.5 Å². The van der Waals surface area contributed by atoms with E-state index in [9.17, 15) is 10.1 Å². The quantitative estimate of drug-likeness (QED) is 0.221. The molecule has 3 fully saturated rings.